The fourth-order valence-corrected chi connectivity index (χ4v) is 2.25. The van der Waals surface area contributed by atoms with Gasteiger partial charge < -0.3 is 10.6 Å². The number of anilines is 2. The summed E-state index contributed by atoms with van der Waals surface area (Å²) < 4.78 is 0. The van der Waals surface area contributed by atoms with Gasteiger partial charge in [0.1, 0.15) is 0 Å². The molecule has 0 spiro atoms. The molecule has 3 heteroatoms. The summed E-state index contributed by atoms with van der Waals surface area (Å²) in [6, 6.07) is 15.5. The first kappa shape index (κ1) is 15.1. The molecule has 0 heterocycles. The van der Waals surface area contributed by atoms with Crippen LogP contribution in [0.4, 0.5) is 11.4 Å². The lowest BCUT2D eigenvalue weighted by Gasteiger charge is -2.13. The topological polar surface area (TPSA) is 41.1 Å². The second kappa shape index (κ2) is 6.93. The summed E-state index contributed by atoms with van der Waals surface area (Å²) in [7, 11) is 0. The van der Waals surface area contributed by atoms with Gasteiger partial charge in [-0.15, -0.1) is 0 Å². The van der Waals surface area contributed by atoms with E-state index in [0.29, 0.717) is 11.5 Å². The van der Waals surface area contributed by atoms with Crippen LogP contribution in [-0.4, -0.2) is 12.5 Å². The summed E-state index contributed by atoms with van der Waals surface area (Å²) >= 11 is 0. The van der Waals surface area contributed by atoms with E-state index in [0.717, 1.165) is 23.5 Å². The SMILES string of the molecule is CCNc1ccc(C(=O)Nc2ccccc2C(C)C)cc1. The van der Waals surface area contributed by atoms with Crippen molar-refractivity contribution in [3.8, 4) is 0 Å². The number of carbonyl (C=O) groups excluding carboxylic acids is 1. The highest BCUT2D eigenvalue weighted by Gasteiger charge is 2.10. The van der Waals surface area contributed by atoms with Gasteiger partial charge in [-0.05, 0) is 48.7 Å². The zero-order valence-corrected chi connectivity index (χ0v) is 12.8. The molecule has 0 saturated carbocycles. The summed E-state index contributed by atoms with van der Waals surface area (Å²) in [5.41, 5.74) is 3.72. The predicted molar refractivity (Wildman–Crippen MR) is 89.1 cm³/mol. The number of nitrogens with one attached hydrogen (secondary N) is 2. The van der Waals surface area contributed by atoms with Gasteiger partial charge >= 0.3 is 0 Å². The zero-order valence-electron chi connectivity index (χ0n) is 12.8. The van der Waals surface area contributed by atoms with Crippen LogP contribution in [0.5, 0.6) is 0 Å². The standard InChI is InChI=1S/C18H22N2O/c1-4-19-15-11-9-14(10-12-15)18(21)20-17-8-6-5-7-16(17)13(2)3/h5-13,19H,4H2,1-3H3,(H,20,21). The van der Waals surface area contributed by atoms with Crippen LogP contribution in [0.3, 0.4) is 0 Å². The largest absolute Gasteiger partial charge is 0.385 e. The van der Waals surface area contributed by atoms with Crippen LogP contribution in [0.25, 0.3) is 0 Å². The molecular formula is C18H22N2O. The Morgan fingerprint density at radius 2 is 1.71 bits per heavy atom. The fraction of sp³-hybridized carbons (Fsp3) is 0.278. The fourth-order valence-electron chi connectivity index (χ4n) is 2.25. The highest BCUT2D eigenvalue weighted by Crippen LogP contribution is 2.24. The Bertz CT molecular complexity index is 603. The highest BCUT2D eigenvalue weighted by atomic mass is 16.1. The van der Waals surface area contributed by atoms with Crippen molar-refractivity contribution in [1.29, 1.82) is 0 Å². The molecule has 2 aromatic rings. The second-order valence-corrected chi connectivity index (χ2v) is 5.30. The molecule has 0 aromatic heterocycles. The first-order chi connectivity index (χ1) is 10.1. The third-order valence-corrected chi connectivity index (χ3v) is 3.36. The Hall–Kier alpha value is -2.29. The van der Waals surface area contributed by atoms with Crippen molar-refractivity contribution in [2.75, 3.05) is 17.2 Å². The average molecular weight is 282 g/mol. The lowest BCUT2D eigenvalue weighted by Crippen LogP contribution is -2.13. The number of benzene rings is 2. The maximum absolute atomic E-state index is 12.3. The van der Waals surface area contributed by atoms with Crippen LogP contribution in [0, 0.1) is 0 Å². The number of para-hydroxylation sites is 1. The van der Waals surface area contributed by atoms with Gasteiger partial charge in [-0.25, -0.2) is 0 Å². The van der Waals surface area contributed by atoms with Gasteiger partial charge in [0.2, 0.25) is 0 Å². The predicted octanol–water partition coefficient (Wildman–Crippen LogP) is 4.49. The molecule has 0 aliphatic rings. The average Bonchev–Trinajstić information content (AvgIpc) is 2.48. The van der Waals surface area contributed by atoms with E-state index in [9.17, 15) is 4.79 Å². The van der Waals surface area contributed by atoms with E-state index in [1.807, 2.05) is 49.4 Å². The van der Waals surface area contributed by atoms with E-state index in [4.69, 9.17) is 0 Å². The lowest BCUT2D eigenvalue weighted by atomic mass is 10.0. The molecule has 0 fully saturated rings. The Labute approximate surface area is 126 Å². The monoisotopic (exact) mass is 282 g/mol. The van der Waals surface area contributed by atoms with E-state index in [1.54, 1.807) is 0 Å². The molecular weight excluding hydrogens is 260 g/mol. The van der Waals surface area contributed by atoms with Crippen LogP contribution in [0.15, 0.2) is 48.5 Å². The minimum atomic E-state index is -0.0776. The summed E-state index contributed by atoms with van der Waals surface area (Å²) in [5, 5.41) is 6.22. The molecule has 0 unspecified atom stereocenters. The molecule has 0 saturated heterocycles. The number of rotatable bonds is 5. The first-order valence-corrected chi connectivity index (χ1v) is 7.36. The summed E-state index contributed by atoms with van der Waals surface area (Å²) in [5.74, 6) is 0.295. The van der Waals surface area contributed by atoms with Gasteiger partial charge in [-0.1, -0.05) is 32.0 Å². The van der Waals surface area contributed by atoms with Crippen molar-refractivity contribution < 1.29 is 4.79 Å². The summed E-state index contributed by atoms with van der Waals surface area (Å²) in [4.78, 5) is 12.3. The highest BCUT2D eigenvalue weighted by molar-refractivity contribution is 6.04. The number of carbonyl (C=O) groups is 1. The summed E-state index contributed by atoms with van der Waals surface area (Å²) in [6.07, 6.45) is 0. The van der Waals surface area contributed by atoms with E-state index >= 15 is 0 Å². The van der Waals surface area contributed by atoms with Crippen LogP contribution < -0.4 is 10.6 Å². The third-order valence-electron chi connectivity index (χ3n) is 3.36. The van der Waals surface area contributed by atoms with Gasteiger partial charge in [-0.2, -0.15) is 0 Å². The normalized spacial score (nSPS) is 10.5. The van der Waals surface area contributed by atoms with Crippen molar-refractivity contribution in [3.05, 3.63) is 59.7 Å². The molecule has 2 rings (SSSR count). The minimum Gasteiger partial charge on any atom is -0.385 e. The van der Waals surface area contributed by atoms with Crippen LogP contribution in [-0.2, 0) is 0 Å². The van der Waals surface area contributed by atoms with Gasteiger partial charge in [0.05, 0.1) is 0 Å². The molecule has 0 bridgehead atoms. The van der Waals surface area contributed by atoms with Crippen LogP contribution in [0.1, 0.15) is 42.6 Å². The lowest BCUT2D eigenvalue weighted by molar-refractivity contribution is 0.102. The Balaban J connectivity index is 2.14. The van der Waals surface area contributed by atoms with Crippen molar-refractivity contribution in [1.82, 2.24) is 0 Å². The van der Waals surface area contributed by atoms with E-state index in [1.165, 1.54) is 0 Å². The van der Waals surface area contributed by atoms with E-state index in [2.05, 4.69) is 30.5 Å². The van der Waals surface area contributed by atoms with Crippen molar-refractivity contribution in [2.45, 2.75) is 26.7 Å². The van der Waals surface area contributed by atoms with Crippen molar-refractivity contribution in [2.24, 2.45) is 0 Å². The number of amides is 1. The van der Waals surface area contributed by atoms with Crippen LogP contribution in [0.2, 0.25) is 0 Å². The molecule has 21 heavy (non-hydrogen) atoms. The van der Waals surface area contributed by atoms with Gasteiger partial charge in [-0.3, -0.25) is 4.79 Å². The third kappa shape index (κ3) is 3.85. The number of hydrogen-bond donors (Lipinski definition) is 2. The molecule has 1 amide bonds. The maximum atomic E-state index is 12.3. The Morgan fingerprint density at radius 3 is 2.33 bits per heavy atom. The van der Waals surface area contributed by atoms with Crippen molar-refractivity contribution >= 4 is 17.3 Å². The van der Waals surface area contributed by atoms with Gasteiger partial charge in [0.15, 0.2) is 0 Å². The number of hydrogen-bond acceptors (Lipinski definition) is 2. The molecule has 110 valence electrons. The molecule has 2 N–H and O–H groups in total. The minimum absolute atomic E-state index is 0.0776. The second-order valence-electron chi connectivity index (χ2n) is 5.30. The molecule has 2 aromatic carbocycles. The Kier molecular flexibility index (Phi) is 4.99. The molecule has 0 aliphatic heterocycles. The maximum Gasteiger partial charge on any atom is 0.255 e. The quantitative estimate of drug-likeness (QED) is 0.848. The van der Waals surface area contributed by atoms with Gasteiger partial charge in [0, 0.05) is 23.5 Å². The molecule has 0 atom stereocenters. The summed E-state index contributed by atoms with van der Waals surface area (Å²) in [6.45, 7) is 7.16. The van der Waals surface area contributed by atoms with Crippen molar-refractivity contribution in [3.63, 3.8) is 0 Å². The molecule has 0 radical (unpaired) electrons. The van der Waals surface area contributed by atoms with Gasteiger partial charge in [0.25, 0.3) is 5.91 Å². The zero-order chi connectivity index (χ0) is 15.2. The molecule has 3 nitrogen and oxygen atoms in total. The van der Waals surface area contributed by atoms with E-state index in [-0.39, 0.29) is 5.91 Å². The smallest absolute Gasteiger partial charge is 0.255 e. The van der Waals surface area contributed by atoms with Crippen LogP contribution >= 0.6 is 0 Å². The molecule has 0 aliphatic carbocycles. The Morgan fingerprint density at radius 1 is 1.05 bits per heavy atom. The first-order valence-electron chi connectivity index (χ1n) is 7.36. The van der Waals surface area contributed by atoms with E-state index < -0.39 is 0 Å².